The normalized spacial score (nSPS) is 15.3. The summed E-state index contributed by atoms with van der Waals surface area (Å²) in [5.74, 6) is -43.1. The summed E-state index contributed by atoms with van der Waals surface area (Å²) in [6.45, 7) is 0.382. The van der Waals surface area contributed by atoms with E-state index in [1.165, 1.54) is 0 Å². The van der Waals surface area contributed by atoms with E-state index in [1.807, 2.05) is 5.32 Å². The molecule has 0 saturated heterocycles. The van der Waals surface area contributed by atoms with E-state index in [-0.39, 0.29) is 6.54 Å². The highest BCUT2D eigenvalue weighted by molar-refractivity contribution is 7.92. The van der Waals surface area contributed by atoms with E-state index in [2.05, 4.69) is 0 Å². The van der Waals surface area contributed by atoms with Crippen LogP contribution in [0.1, 0.15) is 12.8 Å². The van der Waals surface area contributed by atoms with E-state index in [1.54, 1.807) is 21.1 Å². The highest BCUT2D eigenvalue weighted by atomic mass is 32.2. The van der Waals surface area contributed by atoms with Crippen LogP contribution in [0.25, 0.3) is 0 Å². The summed E-state index contributed by atoms with van der Waals surface area (Å²) in [5.41, 5.74) is 0. The third-order valence-corrected chi connectivity index (χ3v) is 5.93. The summed E-state index contributed by atoms with van der Waals surface area (Å²) in [6.07, 6.45) is -10.1. The van der Waals surface area contributed by atoms with Gasteiger partial charge in [-0.3, -0.25) is 4.79 Å². The van der Waals surface area contributed by atoms with E-state index in [0.717, 1.165) is 0 Å². The Morgan fingerprint density at radius 2 is 1.17 bits per heavy atom. The molecular formula is C16H22F13N2O3S+. The SMILES string of the molecule is C[N+](C)(C)CCCNC(=O)CS(=O)(=O)CCC(F)(F)C(F)(F)C(F)(F)C(F)(F)C(F)(F)C(F)(F)F. The fourth-order valence-electron chi connectivity index (χ4n) is 2.35. The lowest BCUT2D eigenvalue weighted by molar-refractivity contribution is -0.870. The smallest absolute Gasteiger partial charge is 0.355 e. The number of rotatable bonds is 13. The van der Waals surface area contributed by atoms with Crippen molar-refractivity contribution in [2.75, 3.05) is 45.7 Å². The zero-order chi connectivity index (χ0) is 28.5. The van der Waals surface area contributed by atoms with Gasteiger partial charge in [0.1, 0.15) is 5.75 Å². The largest absolute Gasteiger partial charge is 0.460 e. The van der Waals surface area contributed by atoms with Crippen molar-refractivity contribution < 1.29 is 74.8 Å². The van der Waals surface area contributed by atoms with Gasteiger partial charge in [0.15, 0.2) is 9.84 Å². The molecule has 19 heteroatoms. The number of hydrogen-bond donors (Lipinski definition) is 1. The first-order valence-electron chi connectivity index (χ1n) is 9.29. The van der Waals surface area contributed by atoms with Gasteiger partial charge in [0, 0.05) is 19.4 Å². The number of carbonyl (C=O) groups excluding carboxylic acids is 1. The fourth-order valence-corrected chi connectivity index (χ4v) is 3.56. The molecule has 0 radical (unpaired) electrons. The maximum atomic E-state index is 13.7. The lowest BCUT2D eigenvalue weighted by atomic mass is 9.93. The van der Waals surface area contributed by atoms with Crippen LogP contribution in [0.15, 0.2) is 0 Å². The number of alkyl halides is 13. The second kappa shape index (κ2) is 10.1. The van der Waals surface area contributed by atoms with Gasteiger partial charge in [-0.1, -0.05) is 0 Å². The Balaban J connectivity index is 5.50. The average Bonchev–Trinajstić information content (AvgIpc) is 2.61. The maximum Gasteiger partial charge on any atom is 0.460 e. The van der Waals surface area contributed by atoms with Crippen molar-refractivity contribution in [2.45, 2.75) is 48.6 Å². The van der Waals surface area contributed by atoms with Gasteiger partial charge in [0.2, 0.25) is 5.91 Å². The quantitative estimate of drug-likeness (QED) is 0.209. The zero-order valence-electron chi connectivity index (χ0n) is 18.2. The Morgan fingerprint density at radius 1 is 0.743 bits per heavy atom. The molecule has 0 aromatic rings. The van der Waals surface area contributed by atoms with Crippen LogP contribution in [0.3, 0.4) is 0 Å². The first kappa shape index (κ1) is 33.5. The predicted octanol–water partition coefficient (Wildman–Crippen LogP) is 3.74. The van der Waals surface area contributed by atoms with Gasteiger partial charge in [0.05, 0.1) is 33.4 Å². The van der Waals surface area contributed by atoms with Gasteiger partial charge in [0.25, 0.3) is 0 Å². The second-order valence-corrected chi connectivity index (χ2v) is 10.7. The number of nitrogens with one attached hydrogen (secondary N) is 1. The van der Waals surface area contributed by atoms with Gasteiger partial charge < -0.3 is 9.80 Å². The lowest BCUT2D eigenvalue weighted by Crippen LogP contribution is -2.70. The molecule has 0 spiro atoms. The minimum atomic E-state index is -8.06. The Kier molecular flexibility index (Phi) is 9.64. The van der Waals surface area contributed by atoms with Crippen LogP contribution >= 0.6 is 0 Å². The van der Waals surface area contributed by atoms with Crippen molar-refractivity contribution in [1.82, 2.24) is 5.32 Å². The summed E-state index contributed by atoms with van der Waals surface area (Å²) in [7, 11) is 0.247. The van der Waals surface area contributed by atoms with E-state index in [0.29, 0.717) is 17.4 Å². The molecule has 0 fully saturated rings. The van der Waals surface area contributed by atoms with Crippen LogP contribution in [-0.2, 0) is 14.6 Å². The molecule has 35 heavy (non-hydrogen) atoms. The number of amides is 1. The number of carbonyl (C=O) groups is 1. The molecule has 0 aliphatic heterocycles. The van der Waals surface area contributed by atoms with Crippen molar-refractivity contribution in [3.05, 3.63) is 0 Å². The van der Waals surface area contributed by atoms with Gasteiger partial charge in [-0.25, -0.2) is 8.42 Å². The molecule has 0 rings (SSSR count). The molecule has 0 atom stereocenters. The Hall–Kier alpha value is -1.53. The van der Waals surface area contributed by atoms with Crippen LogP contribution in [0.4, 0.5) is 57.1 Å². The highest BCUT2D eigenvalue weighted by Gasteiger charge is 2.90. The van der Waals surface area contributed by atoms with Crippen molar-refractivity contribution in [2.24, 2.45) is 0 Å². The minimum Gasteiger partial charge on any atom is -0.355 e. The molecule has 210 valence electrons. The maximum absolute atomic E-state index is 13.7. The van der Waals surface area contributed by atoms with E-state index >= 15 is 0 Å². The number of quaternary nitrogens is 1. The molecule has 0 saturated carbocycles. The number of sulfone groups is 1. The molecule has 0 unspecified atom stereocenters. The summed E-state index contributed by atoms with van der Waals surface area (Å²) < 4.78 is 193. The van der Waals surface area contributed by atoms with E-state index < -0.39 is 69.5 Å². The molecule has 5 nitrogen and oxygen atoms in total. The van der Waals surface area contributed by atoms with Crippen molar-refractivity contribution >= 4 is 15.7 Å². The predicted molar refractivity (Wildman–Crippen MR) is 94.6 cm³/mol. The molecule has 0 aromatic heterocycles. The monoisotopic (exact) mass is 569 g/mol. The summed E-state index contributed by atoms with van der Waals surface area (Å²) >= 11 is 0. The third kappa shape index (κ3) is 7.48. The van der Waals surface area contributed by atoms with Gasteiger partial charge in [-0.05, 0) is 0 Å². The van der Waals surface area contributed by atoms with E-state index in [9.17, 15) is 70.3 Å². The van der Waals surface area contributed by atoms with Crippen molar-refractivity contribution in [3.8, 4) is 0 Å². The summed E-state index contributed by atoms with van der Waals surface area (Å²) in [6, 6.07) is 0. The van der Waals surface area contributed by atoms with Crippen LogP contribution in [0.5, 0.6) is 0 Å². The highest BCUT2D eigenvalue weighted by Crippen LogP contribution is 2.60. The Morgan fingerprint density at radius 3 is 1.57 bits per heavy atom. The standard InChI is InChI=1S/C16H21F13N2O3S/c1-31(2,3)7-4-6-30-10(32)9-35(33,34)8-5-11(17,18)12(19,20)13(21,22)14(23,24)15(25,26)16(27,28)29/h4-9H2,1-3H3/p+1. The molecular weight excluding hydrogens is 547 g/mol. The molecule has 0 aliphatic carbocycles. The summed E-state index contributed by atoms with van der Waals surface area (Å²) in [4.78, 5) is 11.6. The Bertz CT molecular complexity index is 850. The van der Waals surface area contributed by atoms with Crippen LogP contribution in [0, 0.1) is 0 Å². The fraction of sp³-hybridized carbons (Fsp3) is 0.938. The van der Waals surface area contributed by atoms with Crippen LogP contribution in [-0.4, -0.2) is 100 Å². The average molecular weight is 569 g/mol. The lowest BCUT2D eigenvalue weighted by Gasteiger charge is -2.39. The topological polar surface area (TPSA) is 63.2 Å². The molecule has 1 amide bonds. The number of halogens is 13. The van der Waals surface area contributed by atoms with Gasteiger partial charge in [-0.2, -0.15) is 57.1 Å². The first-order valence-corrected chi connectivity index (χ1v) is 11.1. The molecule has 0 heterocycles. The van der Waals surface area contributed by atoms with Crippen molar-refractivity contribution in [3.63, 3.8) is 0 Å². The second-order valence-electron chi connectivity index (χ2n) is 8.56. The number of nitrogens with zero attached hydrogens (tertiary/aromatic N) is 1. The molecule has 1 N–H and O–H groups in total. The van der Waals surface area contributed by atoms with E-state index in [4.69, 9.17) is 0 Å². The van der Waals surface area contributed by atoms with Crippen LogP contribution < -0.4 is 5.32 Å². The first-order chi connectivity index (χ1) is 15.1. The van der Waals surface area contributed by atoms with Crippen molar-refractivity contribution in [1.29, 1.82) is 0 Å². The minimum absolute atomic E-state index is 0.104. The molecule has 0 aromatic carbocycles. The molecule has 0 aliphatic rings. The zero-order valence-corrected chi connectivity index (χ0v) is 19.1. The van der Waals surface area contributed by atoms with Gasteiger partial charge in [-0.15, -0.1) is 0 Å². The van der Waals surface area contributed by atoms with Gasteiger partial charge >= 0.3 is 35.8 Å². The van der Waals surface area contributed by atoms with Crippen LogP contribution in [0.2, 0.25) is 0 Å². The Labute approximate surface area is 191 Å². The molecule has 0 bridgehead atoms. The third-order valence-electron chi connectivity index (χ3n) is 4.40. The number of hydrogen-bond acceptors (Lipinski definition) is 3. The summed E-state index contributed by atoms with van der Waals surface area (Å²) in [5, 5.41) is 2.04.